The van der Waals surface area contributed by atoms with Gasteiger partial charge in [0.1, 0.15) is 0 Å². The third-order valence-electron chi connectivity index (χ3n) is 2.85. The number of carboxylic acid groups (broad SMARTS) is 1. The molecule has 2 N–H and O–H groups in total. The van der Waals surface area contributed by atoms with Crippen molar-refractivity contribution in [3.63, 3.8) is 0 Å². The molecule has 0 saturated heterocycles. The molecule has 0 spiro atoms. The summed E-state index contributed by atoms with van der Waals surface area (Å²) in [5.74, 6) is -1.27. The van der Waals surface area contributed by atoms with Gasteiger partial charge in [0, 0.05) is 5.92 Å². The number of carbonyl (C=O) groups is 2. The molecule has 1 aromatic carbocycles. The van der Waals surface area contributed by atoms with Crippen molar-refractivity contribution in [2.24, 2.45) is 5.92 Å². The molecule has 2 rings (SSSR count). The first-order valence-electron chi connectivity index (χ1n) is 5.56. The number of rotatable bonds is 3. The van der Waals surface area contributed by atoms with Gasteiger partial charge in [-0.25, -0.2) is 4.79 Å². The third-order valence-corrected chi connectivity index (χ3v) is 3.18. The van der Waals surface area contributed by atoms with E-state index < -0.39 is 5.97 Å². The van der Waals surface area contributed by atoms with Crippen molar-refractivity contribution >= 4 is 29.2 Å². The molecule has 1 aliphatic carbocycles. The Morgan fingerprint density at radius 1 is 1.28 bits per heavy atom. The second kappa shape index (κ2) is 5.23. The second-order valence-electron chi connectivity index (χ2n) is 4.13. The van der Waals surface area contributed by atoms with Crippen LogP contribution in [0.1, 0.15) is 23.2 Å². The number of hydrogen-bond donors (Lipinski definition) is 2. The highest BCUT2D eigenvalue weighted by Gasteiger charge is 2.20. The zero-order chi connectivity index (χ0) is 13.1. The first-order chi connectivity index (χ1) is 8.58. The Bertz CT molecular complexity index is 517. The molecule has 0 saturated carbocycles. The number of halogens is 1. The maximum absolute atomic E-state index is 11.9. The highest BCUT2D eigenvalue weighted by atomic mass is 35.5. The van der Waals surface area contributed by atoms with E-state index in [-0.39, 0.29) is 17.4 Å². The summed E-state index contributed by atoms with van der Waals surface area (Å²) >= 11 is 5.93. The summed E-state index contributed by atoms with van der Waals surface area (Å²) in [7, 11) is 0. The topological polar surface area (TPSA) is 66.4 Å². The van der Waals surface area contributed by atoms with E-state index in [0.29, 0.717) is 23.6 Å². The van der Waals surface area contributed by atoms with Crippen molar-refractivity contribution in [2.75, 3.05) is 5.32 Å². The predicted molar refractivity (Wildman–Crippen MR) is 68.9 cm³/mol. The van der Waals surface area contributed by atoms with Crippen LogP contribution in [0.4, 0.5) is 5.69 Å². The maximum atomic E-state index is 11.9. The van der Waals surface area contributed by atoms with Crippen LogP contribution >= 0.6 is 11.6 Å². The van der Waals surface area contributed by atoms with Crippen LogP contribution in [0.2, 0.25) is 5.02 Å². The normalized spacial score (nSPS) is 14.7. The molecule has 0 unspecified atom stereocenters. The minimum Gasteiger partial charge on any atom is -0.478 e. The molecule has 18 heavy (non-hydrogen) atoms. The molecule has 0 fully saturated rings. The van der Waals surface area contributed by atoms with Gasteiger partial charge in [0.15, 0.2) is 0 Å². The van der Waals surface area contributed by atoms with Gasteiger partial charge in [0.05, 0.1) is 16.3 Å². The number of amides is 1. The number of anilines is 1. The molecule has 1 aromatic rings. The van der Waals surface area contributed by atoms with E-state index in [1.165, 1.54) is 18.2 Å². The Hall–Kier alpha value is -1.81. The molecular weight excluding hydrogens is 254 g/mol. The van der Waals surface area contributed by atoms with Crippen LogP contribution in [-0.4, -0.2) is 17.0 Å². The Kier molecular flexibility index (Phi) is 3.67. The van der Waals surface area contributed by atoms with E-state index in [4.69, 9.17) is 16.7 Å². The molecule has 4 nitrogen and oxygen atoms in total. The summed E-state index contributed by atoms with van der Waals surface area (Å²) in [6.45, 7) is 0. The van der Waals surface area contributed by atoms with Gasteiger partial charge < -0.3 is 10.4 Å². The Balaban J connectivity index is 2.15. The molecule has 1 amide bonds. The lowest BCUT2D eigenvalue weighted by atomic mass is 10.1. The molecule has 0 atom stereocenters. The molecule has 0 bridgehead atoms. The van der Waals surface area contributed by atoms with Crippen molar-refractivity contribution in [1.29, 1.82) is 0 Å². The predicted octanol–water partition coefficient (Wildman–Crippen LogP) is 2.94. The van der Waals surface area contributed by atoms with Gasteiger partial charge >= 0.3 is 5.97 Å². The van der Waals surface area contributed by atoms with E-state index in [1.807, 2.05) is 12.2 Å². The average molecular weight is 266 g/mol. The number of hydrogen-bond acceptors (Lipinski definition) is 2. The molecule has 1 aliphatic rings. The lowest BCUT2D eigenvalue weighted by Gasteiger charge is -2.12. The van der Waals surface area contributed by atoms with Gasteiger partial charge in [-0.15, -0.1) is 0 Å². The molecular formula is C13H12ClNO3. The van der Waals surface area contributed by atoms with Crippen LogP contribution in [0, 0.1) is 5.92 Å². The van der Waals surface area contributed by atoms with Crippen LogP contribution < -0.4 is 5.32 Å². The van der Waals surface area contributed by atoms with E-state index >= 15 is 0 Å². The second-order valence-corrected chi connectivity index (χ2v) is 4.54. The third kappa shape index (κ3) is 2.71. The van der Waals surface area contributed by atoms with Gasteiger partial charge in [-0.05, 0) is 31.0 Å². The van der Waals surface area contributed by atoms with Crippen molar-refractivity contribution in [3.05, 3.63) is 40.9 Å². The molecule has 0 heterocycles. The van der Waals surface area contributed by atoms with Gasteiger partial charge in [-0.3, -0.25) is 4.79 Å². The lowest BCUT2D eigenvalue weighted by Crippen LogP contribution is -2.21. The quantitative estimate of drug-likeness (QED) is 0.826. The number of nitrogens with one attached hydrogen (secondary N) is 1. The van der Waals surface area contributed by atoms with Crippen molar-refractivity contribution in [2.45, 2.75) is 12.8 Å². The average Bonchev–Trinajstić information content (AvgIpc) is 2.85. The SMILES string of the molecule is O=C(O)c1ccc(Cl)c(NC(=O)C2CC=CC2)c1. The summed E-state index contributed by atoms with van der Waals surface area (Å²) in [6, 6.07) is 4.23. The lowest BCUT2D eigenvalue weighted by molar-refractivity contribution is -0.119. The van der Waals surface area contributed by atoms with Gasteiger partial charge in [-0.1, -0.05) is 23.8 Å². The zero-order valence-corrected chi connectivity index (χ0v) is 10.3. The van der Waals surface area contributed by atoms with Crippen LogP contribution in [0.3, 0.4) is 0 Å². The number of allylic oxidation sites excluding steroid dienone is 2. The summed E-state index contributed by atoms with van der Waals surface area (Å²) in [6.07, 6.45) is 5.34. The van der Waals surface area contributed by atoms with Gasteiger partial charge in [0.2, 0.25) is 5.91 Å². The fraction of sp³-hybridized carbons (Fsp3) is 0.231. The van der Waals surface area contributed by atoms with E-state index in [0.717, 1.165) is 0 Å². The fourth-order valence-electron chi connectivity index (χ4n) is 1.82. The standard InChI is InChI=1S/C13H12ClNO3/c14-10-6-5-9(13(17)18)7-11(10)15-12(16)8-3-1-2-4-8/h1-2,5-8H,3-4H2,(H,15,16)(H,17,18). The Labute approximate surface area is 109 Å². The zero-order valence-electron chi connectivity index (χ0n) is 9.52. The van der Waals surface area contributed by atoms with Crippen molar-refractivity contribution in [3.8, 4) is 0 Å². The van der Waals surface area contributed by atoms with Gasteiger partial charge in [0.25, 0.3) is 0 Å². The van der Waals surface area contributed by atoms with E-state index in [9.17, 15) is 9.59 Å². The van der Waals surface area contributed by atoms with Gasteiger partial charge in [-0.2, -0.15) is 0 Å². The minimum absolute atomic E-state index is 0.0884. The van der Waals surface area contributed by atoms with Crippen LogP contribution in [0.5, 0.6) is 0 Å². The number of aromatic carboxylic acids is 1. The highest BCUT2D eigenvalue weighted by molar-refractivity contribution is 6.33. The minimum atomic E-state index is -1.05. The molecule has 0 aromatic heterocycles. The first-order valence-corrected chi connectivity index (χ1v) is 5.94. The maximum Gasteiger partial charge on any atom is 0.335 e. The van der Waals surface area contributed by atoms with E-state index in [1.54, 1.807) is 0 Å². The molecule has 5 heteroatoms. The number of carbonyl (C=O) groups excluding carboxylic acids is 1. The van der Waals surface area contributed by atoms with E-state index in [2.05, 4.69) is 5.32 Å². The van der Waals surface area contributed by atoms with Crippen molar-refractivity contribution < 1.29 is 14.7 Å². The highest BCUT2D eigenvalue weighted by Crippen LogP contribution is 2.26. The Morgan fingerprint density at radius 3 is 2.56 bits per heavy atom. The molecule has 0 radical (unpaired) electrons. The number of benzene rings is 1. The smallest absolute Gasteiger partial charge is 0.335 e. The first kappa shape index (κ1) is 12.6. The molecule has 94 valence electrons. The monoisotopic (exact) mass is 265 g/mol. The number of carboxylic acids is 1. The molecule has 0 aliphatic heterocycles. The van der Waals surface area contributed by atoms with Crippen LogP contribution in [-0.2, 0) is 4.79 Å². The van der Waals surface area contributed by atoms with Crippen LogP contribution in [0.15, 0.2) is 30.4 Å². The van der Waals surface area contributed by atoms with Crippen LogP contribution in [0.25, 0.3) is 0 Å². The summed E-state index contributed by atoms with van der Waals surface area (Å²) in [5.41, 5.74) is 0.438. The summed E-state index contributed by atoms with van der Waals surface area (Å²) < 4.78 is 0. The van der Waals surface area contributed by atoms with Crippen molar-refractivity contribution in [1.82, 2.24) is 0 Å². The summed E-state index contributed by atoms with van der Waals surface area (Å²) in [5, 5.41) is 11.9. The summed E-state index contributed by atoms with van der Waals surface area (Å²) in [4.78, 5) is 22.7. The Morgan fingerprint density at radius 2 is 1.94 bits per heavy atom. The largest absolute Gasteiger partial charge is 0.478 e. The fourth-order valence-corrected chi connectivity index (χ4v) is 1.98.